The van der Waals surface area contributed by atoms with Gasteiger partial charge in [-0.05, 0) is 6.42 Å². The van der Waals surface area contributed by atoms with E-state index < -0.39 is 12.0 Å². The van der Waals surface area contributed by atoms with Gasteiger partial charge in [0, 0.05) is 53.1 Å². The summed E-state index contributed by atoms with van der Waals surface area (Å²) in [5, 5.41) is 2.86. The number of nitrogens with zero attached hydrogens (tertiary/aromatic N) is 6. The molecule has 9 nitrogen and oxygen atoms in total. The molecule has 138 valence electrons. The smallest absolute Gasteiger partial charge is 0.231 e. The molecule has 0 unspecified atom stereocenters. The van der Waals surface area contributed by atoms with Gasteiger partial charge in [0.25, 0.3) is 0 Å². The van der Waals surface area contributed by atoms with Gasteiger partial charge in [0.2, 0.25) is 11.8 Å². The molecule has 3 rings (SSSR count). The second-order valence-corrected chi connectivity index (χ2v) is 6.64. The lowest BCUT2D eigenvalue weighted by Gasteiger charge is -2.37. The molecule has 9 heteroatoms. The fraction of sp³-hybridized carbons (Fsp3) is 0.471. The first-order chi connectivity index (χ1) is 12.4. The van der Waals surface area contributed by atoms with E-state index in [-0.39, 0.29) is 11.8 Å². The van der Waals surface area contributed by atoms with Gasteiger partial charge in [-0.15, -0.1) is 0 Å². The van der Waals surface area contributed by atoms with Crippen LogP contribution in [0.3, 0.4) is 0 Å². The van der Waals surface area contributed by atoms with Gasteiger partial charge in [-0.2, -0.15) is 0 Å². The molecule has 1 aliphatic heterocycles. The van der Waals surface area contributed by atoms with E-state index in [1.807, 2.05) is 36.8 Å². The van der Waals surface area contributed by atoms with E-state index >= 15 is 0 Å². The van der Waals surface area contributed by atoms with Crippen molar-refractivity contribution < 1.29 is 9.59 Å². The highest BCUT2D eigenvalue weighted by atomic mass is 16.2. The normalized spacial score (nSPS) is 20.2. The third-order valence-corrected chi connectivity index (χ3v) is 4.68. The molecule has 0 aromatic carbocycles. The van der Waals surface area contributed by atoms with E-state index in [2.05, 4.69) is 20.3 Å². The molecule has 0 bridgehead atoms. The average Bonchev–Trinajstić information content (AvgIpc) is 3.03. The molecule has 0 radical (unpaired) electrons. The molecule has 1 N–H and O–H groups in total. The van der Waals surface area contributed by atoms with E-state index in [0.717, 1.165) is 0 Å². The third kappa shape index (κ3) is 3.37. The van der Waals surface area contributed by atoms with E-state index in [0.29, 0.717) is 30.3 Å². The number of likely N-dealkylation sites (tertiary alicyclic amines) is 1. The first kappa shape index (κ1) is 17.8. The summed E-state index contributed by atoms with van der Waals surface area (Å²) < 4.78 is 1.84. The predicted molar refractivity (Wildman–Crippen MR) is 96.4 cm³/mol. The van der Waals surface area contributed by atoms with Crippen LogP contribution in [0, 0.1) is 5.92 Å². The maximum absolute atomic E-state index is 13.0. The largest absolute Gasteiger partial charge is 0.363 e. The van der Waals surface area contributed by atoms with Crippen molar-refractivity contribution in [2.75, 3.05) is 31.4 Å². The van der Waals surface area contributed by atoms with Crippen LogP contribution in [0.4, 0.5) is 11.6 Å². The van der Waals surface area contributed by atoms with Gasteiger partial charge < -0.3 is 19.7 Å². The lowest BCUT2D eigenvalue weighted by atomic mass is 9.87. The van der Waals surface area contributed by atoms with Gasteiger partial charge in [0.15, 0.2) is 0 Å². The fourth-order valence-corrected chi connectivity index (χ4v) is 3.21. The zero-order valence-corrected chi connectivity index (χ0v) is 15.4. The molecule has 2 amide bonds. The number of amides is 2. The van der Waals surface area contributed by atoms with Crippen LogP contribution in [0.25, 0.3) is 0 Å². The maximum atomic E-state index is 13.0. The number of rotatable bonds is 4. The van der Waals surface area contributed by atoms with Crippen molar-refractivity contribution in [2.24, 2.45) is 13.0 Å². The van der Waals surface area contributed by atoms with Gasteiger partial charge >= 0.3 is 0 Å². The minimum absolute atomic E-state index is 0.0129. The number of hydrogen-bond acceptors (Lipinski definition) is 6. The number of carbonyl (C=O) groups excluding carboxylic acids is 2. The molecule has 26 heavy (non-hydrogen) atoms. The van der Waals surface area contributed by atoms with Crippen LogP contribution in [0.15, 0.2) is 24.8 Å². The van der Waals surface area contributed by atoms with Crippen molar-refractivity contribution in [3.8, 4) is 0 Å². The number of aryl methyl sites for hydroxylation is 1. The van der Waals surface area contributed by atoms with Gasteiger partial charge in [0.1, 0.15) is 29.8 Å². The Morgan fingerprint density at radius 3 is 2.69 bits per heavy atom. The van der Waals surface area contributed by atoms with Crippen LogP contribution in [0.1, 0.15) is 24.7 Å². The maximum Gasteiger partial charge on any atom is 0.231 e. The van der Waals surface area contributed by atoms with Crippen LogP contribution in [-0.4, -0.2) is 57.4 Å². The Bertz CT molecular complexity index is 817. The molecule has 0 aliphatic carbocycles. The molecule has 2 aromatic rings. The molecule has 2 aromatic heterocycles. The van der Waals surface area contributed by atoms with E-state index in [4.69, 9.17) is 0 Å². The Hall–Kier alpha value is -2.97. The van der Waals surface area contributed by atoms with Crippen LogP contribution >= 0.6 is 0 Å². The summed E-state index contributed by atoms with van der Waals surface area (Å²) in [5.41, 5.74) is 0. The average molecular weight is 357 g/mol. The quantitative estimate of drug-likeness (QED) is 0.870. The summed E-state index contributed by atoms with van der Waals surface area (Å²) in [5.74, 6) is 1.26. The Morgan fingerprint density at radius 2 is 2.04 bits per heavy atom. The Labute approximate surface area is 152 Å². The van der Waals surface area contributed by atoms with Crippen molar-refractivity contribution in [3.05, 3.63) is 30.6 Å². The van der Waals surface area contributed by atoms with Crippen LogP contribution < -0.4 is 10.2 Å². The molecule has 0 spiro atoms. The minimum Gasteiger partial charge on any atom is -0.363 e. The molecule has 0 saturated carbocycles. The molecule has 2 atom stereocenters. The summed E-state index contributed by atoms with van der Waals surface area (Å²) in [7, 11) is 7.31. The van der Waals surface area contributed by atoms with Crippen LogP contribution in [-0.2, 0) is 16.6 Å². The zero-order chi connectivity index (χ0) is 18.8. The number of nitrogens with one attached hydrogen (secondary N) is 1. The van der Waals surface area contributed by atoms with Crippen molar-refractivity contribution in [1.82, 2.24) is 24.4 Å². The zero-order valence-electron chi connectivity index (χ0n) is 15.4. The highest BCUT2D eigenvalue weighted by Gasteiger charge is 2.41. The van der Waals surface area contributed by atoms with Crippen LogP contribution in [0.5, 0.6) is 0 Å². The predicted octanol–water partition coefficient (Wildman–Crippen LogP) is 0.824. The second-order valence-electron chi connectivity index (χ2n) is 6.64. The Kier molecular flexibility index (Phi) is 4.88. The Morgan fingerprint density at radius 1 is 1.27 bits per heavy atom. The number of anilines is 2. The lowest BCUT2D eigenvalue weighted by molar-refractivity contribution is -0.140. The van der Waals surface area contributed by atoms with Gasteiger partial charge in [-0.25, -0.2) is 15.0 Å². The van der Waals surface area contributed by atoms with Gasteiger partial charge in [-0.3, -0.25) is 9.59 Å². The number of piperidine rings is 1. The van der Waals surface area contributed by atoms with Crippen molar-refractivity contribution in [1.29, 1.82) is 0 Å². The molecule has 1 fully saturated rings. The Balaban J connectivity index is 1.85. The first-order valence-corrected chi connectivity index (χ1v) is 8.41. The lowest BCUT2D eigenvalue weighted by Crippen LogP contribution is -2.45. The third-order valence-electron chi connectivity index (χ3n) is 4.68. The molecular weight excluding hydrogens is 334 g/mol. The SMILES string of the molecule is CN(C)c1cc(NC(=O)[C@H]2CCC(=O)N(C)[C@@H]2c2nccn2C)ncn1. The van der Waals surface area contributed by atoms with E-state index in [1.54, 1.807) is 24.2 Å². The summed E-state index contributed by atoms with van der Waals surface area (Å²) in [6, 6.07) is 1.30. The number of aromatic nitrogens is 4. The fourth-order valence-electron chi connectivity index (χ4n) is 3.21. The summed E-state index contributed by atoms with van der Waals surface area (Å²) in [6.45, 7) is 0. The highest BCUT2D eigenvalue weighted by Crippen LogP contribution is 2.35. The molecule has 1 aliphatic rings. The topological polar surface area (TPSA) is 96.2 Å². The van der Waals surface area contributed by atoms with Crippen molar-refractivity contribution in [3.63, 3.8) is 0 Å². The summed E-state index contributed by atoms with van der Waals surface area (Å²) in [4.78, 5) is 41.2. The number of imidazole rings is 1. The second kappa shape index (κ2) is 7.11. The van der Waals surface area contributed by atoms with E-state index in [9.17, 15) is 9.59 Å². The first-order valence-electron chi connectivity index (χ1n) is 8.41. The molecule has 1 saturated heterocycles. The number of carbonyl (C=O) groups is 2. The summed E-state index contributed by atoms with van der Waals surface area (Å²) >= 11 is 0. The van der Waals surface area contributed by atoms with Crippen molar-refractivity contribution in [2.45, 2.75) is 18.9 Å². The standard InChI is InChI=1S/C17H23N7O2/c1-22(2)13-9-12(19-10-20-13)21-17(26)11-5-6-14(25)24(4)15(11)16-18-7-8-23(16)3/h7-11,15H,5-6H2,1-4H3,(H,19,20,21,26)/t11-,15-/m0/s1. The molecular formula is C17H23N7O2. The minimum atomic E-state index is -0.411. The highest BCUT2D eigenvalue weighted by molar-refractivity contribution is 5.94. The monoisotopic (exact) mass is 357 g/mol. The number of hydrogen-bond donors (Lipinski definition) is 1. The van der Waals surface area contributed by atoms with Gasteiger partial charge in [0.05, 0.1) is 5.92 Å². The summed E-state index contributed by atoms with van der Waals surface area (Å²) in [6.07, 6.45) is 5.70. The van der Waals surface area contributed by atoms with Gasteiger partial charge in [-0.1, -0.05) is 0 Å². The van der Waals surface area contributed by atoms with Crippen LogP contribution in [0.2, 0.25) is 0 Å². The molecule has 3 heterocycles. The van der Waals surface area contributed by atoms with Crippen molar-refractivity contribution >= 4 is 23.5 Å². The van der Waals surface area contributed by atoms with E-state index in [1.165, 1.54) is 6.33 Å².